The Morgan fingerprint density at radius 2 is 1.65 bits per heavy atom. The average molecular weight is 502 g/mol. The van der Waals surface area contributed by atoms with Gasteiger partial charge in [0.25, 0.3) is 0 Å². The van der Waals surface area contributed by atoms with Crippen molar-refractivity contribution in [1.29, 1.82) is 0 Å². The highest BCUT2D eigenvalue weighted by atomic mass is 16.2. The normalized spacial score (nSPS) is 14.7. The molecule has 0 aliphatic carbocycles. The van der Waals surface area contributed by atoms with Gasteiger partial charge in [-0.3, -0.25) is 9.69 Å². The monoisotopic (exact) mass is 501 g/mol. The van der Waals surface area contributed by atoms with Crippen molar-refractivity contribution < 1.29 is 4.79 Å². The van der Waals surface area contributed by atoms with Gasteiger partial charge < -0.3 is 4.90 Å². The summed E-state index contributed by atoms with van der Waals surface area (Å²) in [5.41, 5.74) is 6.15. The molecule has 1 saturated heterocycles. The van der Waals surface area contributed by atoms with E-state index in [2.05, 4.69) is 61.0 Å². The summed E-state index contributed by atoms with van der Waals surface area (Å²) >= 11 is 0. The summed E-state index contributed by atoms with van der Waals surface area (Å²) in [5.74, 6) is 0.964. The fourth-order valence-electron chi connectivity index (χ4n) is 5.28. The Kier molecular flexibility index (Phi) is 7.50. The first-order valence-electron chi connectivity index (χ1n) is 12.7. The highest BCUT2D eigenvalue weighted by molar-refractivity contribution is 5.76. The van der Waals surface area contributed by atoms with Crippen LogP contribution in [0.2, 0.25) is 0 Å². The van der Waals surface area contributed by atoms with Crippen molar-refractivity contribution in [3.63, 3.8) is 0 Å². The summed E-state index contributed by atoms with van der Waals surface area (Å²) in [7, 11) is 0. The van der Waals surface area contributed by atoms with E-state index in [1.165, 1.54) is 5.56 Å². The molecule has 196 valence electrons. The first kappa shape index (κ1) is 26.5. The van der Waals surface area contributed by atoms with Crippen LogP contribution in [0, 0.1) is 20.8 Å². The number of piperazine rings is 1. The number of rotatable bonds is 6. The molecule has 5 rings (SSSR count). The van der Waals surface area contributed by atoms with Crippen molar-refractivity contribution in [3.05, 3.63) is 76.9 Å². The number of benzene rings is 1. The van der Waals surface area contributed by atoms with Crippen molar-refractivity contribution in [2.75, 3.05) is 26.2 Å². The molecule has 0 saturated carbocycles. The topological polar surface area (TPSA) is 71.6 Å². The third kappa shape index (κ3) is 5.03. The number of fused-ring (bicyclic) bond motifs is 1. The van der Waals surface area contributed by atoms with Crippen LogP contribution in [0.1, 0.15) is 55.9 Å². The number of carbonyl (C=O) groups excluding carboxylic acids is 1. The lowest BCUT2D eigenvalue weighted by Gasteiger charge is -2.44. The van der Waals surface area contributed by atoms with Gasteiger partial charge in [-0.2, -0.15) is 5.10 Å². The van der Waals surface area contributed by atoms with E-state index in [9.17, 15) is 4.79 Å². The number of aromatic nitrogens is 5. The molecule has 3 aromatic heterocycles. The van der Waals surface area contributed by atoms with Gasteiger partial charge in [-0.15, -0.1) is 5.10 Å². The summed E-state index contributed by atoms with van der Waals surface area (Å²) in [6, 6.07) is 14.5. The van der Waals surface area contributed by atoms with E-state index in [1.54, 1.807) is 0 Å². The van der Waals surface area contributed by atoms with Gasteiger partial charge in [-0.1, -0.05) is 37.8 Å². The predicted octanol–water partition coefficient (Wildman–Crippen LogP) is 4.49. The molecule has 0 N–H and O–H groups in total. The largest absolute Gasteiger partial charge is 0.340 e. The molecule has 0 bridgehead atoms. The minimum atomic E-state index is -0.0501. The molecule has 8 heteroatoms. The predicted molar refractivity (Wildman–Crippen MR) is 147 cm³/mol. The van der Waals surface area contributed by atoms with E-state index < -0.39 is 0 Å². The lowest BCUT2D eigenvalue weighted by molar-refractivity contribution is -0.133. The molecule has 0 radical (unpaired) electrons. The minimum Gasteiger partial charge on any atom is -0.340 e. The molecule has 1 aromatic carbocycles. The number of imidazole rings is 1. The third-order valence-electron chi connectivity index (χ3n) is 7.67. The molecule has 0 atom stereocenters. The maximum absolute atomic E-state index is 13.1. The first-order valence-corrected chi connectivity index (χ1v) is 12.7. The summed E-state index contributed by atoms with van der Waals surface area (Å²) in [6.07, 6.45) is 2.98. The third-order valence-corrected chi connectivity index (χ3v) is 7.67. The van der Waals surface area contributed by atoms with E-state index in [1.807, 2.05) is 46.3 Å². The second-order valence-corrected chi connectivity index (χ2v) is 10.2. The minimum absolute atomic E-state index is 0. The van der Waals surface area contributed by atoms with E-state index in [0.717, 1.165) is 60.3 Å². The van der Waals surface area contributed by atoms with Crippen LogP contribution in [0.25, 0.3) is 11.5 Å². The first-order chi connectivity index (χ1) is 17.3. The summed E-state index contributed by atoms with van der Waals surface area (Å²) in [6.45, 7) is 13.9. The zero-order valence-electron chi connectivity index (χ0n) is 21.9. The maximum Gasteiger partial charge on any atom is 0.222 e. The van der Waals surface area contributed by atoms with Gasteiger partial charge in [-0.05, 0) is 64.3 Å². The molecule has 1 amide bonds. The van der Waals surface area contributed by atoms with Gasteiger partial charge in [-0.25, -0.2) is 14.2 Å². The summed E-state index contributed by atoms with van der Waals surface area (Å²) in [5, 5.41) is 9.46. The second kappa shape index (κ2) is 10.5. The van der Waals surface area contributed by atoms with Crippen LogP contribution in [0.5, 0.6) is 0 Å². The van der Waals surface area contributed by atoms with Gasteiger partial charge in [0.2, 0.25) is 5.91 Å². The molecule has 0 unspecified atom stereocenters. The standard InChI is InChI=1S/C28H35N7O.CH4/c1-20-19-29-25-12-13-26(31-34(20)25)35-22(3)24(21(2)30-35)11-14-27(36)32-15-17-33(18-16-32)28(4,5)23-9-7-6-8-10-23;/h6-10,12-13,19H,11,14-18H2,1-5H3;1H4. The van der Waals surface area contributed by atoms with Crippen LogP contribution in [-0.2, 0) is 16.8 Å². The SMILES string of the molecule is C.Cc1nn(-c2ccc3ncc(C)n3n2)c(C)c1CCC(=O)N1CCN(C(C)(C)c2ccccc2)CC1. The molecule has 4 aromatic rings. The van der Waals surface area contributed by atoms with Gasteiger partial charge >= 0.3 is 0 Å². The number of hydrogen-bond acceptors (Lipinski definition) is 5. The van der Waals surface area contributed by atoms with E-state index >= 15 is 0 Å². The number of aryl methyl sites for hydroxylation is 2. The van der Waals surface area contributed by atoms with E-state index in [4.69, 9.17) is 10.2 Å². The van der Waals surface area contributed by atoms with Gasteiger partial charge in [0.15, 0.2) is 11.5 Å². The van der Waals surface area contributed by atoms with Crippen molar-refractivity contribution in [1.82, 2.24) is 34.2 Å². The average Bonchev–Trinajstić information content (AvgIpc) is 3.41. The Bertz CT molecular complexity index is 1380. The zero-order chi connectivity index (χ0) is 25.4. The molecule has 4 heterocycles. The Morgan fingerprint density at radius 1 is 0.946 bits per heavy atom. The number of hydrogen-bond donors (Lipinski definition) is 0. The lowest BCUT2D eigenvalue weighted by Crippen LogP contribution is -2.54. The molecule has 1 aliphatic heterocycles. The van der Waals surface area contributed by atoms with Crippen molar-refractivity contribution in [2.24, 2.45) is 0 Å². The highest BCUT2D eigenvalue weighted by Gasteiger charge is 2.32. The maximum atomic E-state index is 13.1. The molecule has 1 fully saturated rings. The van der Waals surface area contributed by atoms with Crippen LogP contribution in [0.4, 0.5) is 0 Å². The smallest absolute Gasteiger partial charge is 0.222 e. The molecule has 0 spiro atoms. The Labute approximate surface area is 219 Å². The zero-order valence-corrected chi connectivity index (χ0v) is 21.9. The number of amides is 1. The van der Waals surface area contributed by atoms with Gasteiger partial charge in [0.05, 0.1) is 17.6 Å². The summed E-state index contributed by atoms with van der Waals surface area (Å²) in [4.78, 5) is 22.0. The molecule has 37 heavy (non-hydrogen) atoms. The highest BCUT2D eigenvalue weighted by Crippen LogP contribution is 2.29. The van der Waals surface area contributed by atoms with Crippen molar-refractivity contribution in [2.45, 2.75) is 60.4 Å². The number of nitrogens with zero attached hydrogens (tertiary/aromatic N) is 7. The van der Waals surface area contributed by atoms with E-state index in [-0.39, 0.29) is 18.9 Å². The van der Waals surface area contributed by atoms with Gasteiger partial charge in [0.1, 0.15) is 0 Å². The van der Waals surface area contributed by atoms with Crippen molar-refractivity contribution >= 4 is 11.6 Å². The van der Waals surface area contributed by atoms with Crippen LogP contribution >= 0.6 is 0 Å². The van der Waals surface area contributed by atoms with Crippen LogP contribution < -0.4 is 0 Å². The molecular formula is C29H39N7O. The Hall–Kier alpha value is -3.52. The molecule has 8 nitrogen and oxygen atoms in total. The number of carbonyl (C=O) groups is 1. The molecule has 1 aliphatic rings. The fourth-order valence-corrected chi connectivity index (χ4v) is 5.28. The fraction of sp³-hybridized carbons (Fsp3) is 0.448. The second-order valence-electron chi connectivity index (χ2n) is 10.2. The summed E-state index contributed by atoms with van der Waals surface area (Å²) < 4.78 is 3.70. The van der Waals surface area contributed by atoms with Crippen LogP contribution in [0.15, 0.2) is 48.7 Å². The van der Waals surface area contributed by atoms with Gasteiger partial charge in [0, 0.05) is 43.8 Å². The Morgan fingerprint density at radius 3 is 2.35 bits per heavy atom. The van der Waals surface area contributed by atoms with Crippen LogP contribution in [0.3, 0.4) is 0 Å². The van der Waals surface area contributed by atoms with E-state index in [0.29, 0.717) is 12.8 Å². The lowest BCUT2D eigenvalue weighted by atomic mass is 9.91. The van der Waals surface area contributed by atoms with Crippen molar-refractivity contribution in [3.8, 4) is 5.82 Å². The quantitative estimate of drug-likeness (QED) is 0.389. The Balaban J connectivity index is 0.00000320. The van der Waals surface area contributed by atoms with Crippen LogP contribution in [-0.4, -0.2) is 66.3 Å². The molecular weight excluding hydrogens is 462 g/mol.